The first-order valence-corrected chi connectivity index (χ1v) is 9.99. The molecule has 1 aliphatic heterocycles. The molecule has 146 valence electrons. The Morgan fingerprint density at radius 3 is 2.63 bits per heavy atom. The quantitative estimate of drug-likeness (QED) is 0.427. The maximum Gasteiger partial charge on any atom is 0.191 e. The molecule has 0 amide bonds. The van der Waals surface area contributed by atoms with Crippen molar-refractivity contribution in [1.82, 2.24) is 25.3 Å². The van der Waals surface area contributed by atoms with E-state index in [2.05, 4.69) is 56.8 Å². The zero-order chi connectivity index (χ0) is 18.9. The SMILES string of the molecule is CN=C(NCCCn1cccn1)NCC(c1ccc(C)cc1)N1CCCC1. The predicted octanol–water partition coefficient (Wildman–Crippen LogP) is 2.58. The second kappa shape index (κ2) is 10.1. The number of nitrogens with one attached hydrogen (secondary N) is 2. The van der Waals surface area contributed by atoms with Gasteiger partial charge in [0.2, 0.25) is 0 Å². The minimum Gasteiger partial charge on any atom is -0.356 e. The minimum atomic E-state index is 0.385. The molecule has 6 heteroatoms. The van der Waals surface area contributed by atoms with E-state index in [1.165, 1.54) is 37.1 Å². The standard InChI is InChI=1S/C21H32N6/c1-18-7-9-19(10-8-18)20(26-13-3-4-14-26)17-24-21(22-2)23-11-5-15-27-16-6-12-25-27/h6-10,12,16,20H,3-5,11,13-15,17H2,1-2H3,(H2,22,23,24). The topological polar surface area (TPSA) is 57.5 Å². The second-order valence-corrected chi connectivity index (χ2v) is 7.17. The van der Waals surface area contributed by atoms with Crippen LogP contribution in [-0.4, -0.2) is 53.9 Å². The van der Waals surface area contributed by atoms with Crippen molar-refractivity contribution in [2.75, 3.05) is 33.2 Å². The average molecular weight is 369 g/mol. The van der Waals surface area contributed by atoms with Crippen LogP contribution in [0.25, 0.3) is 0 Å². The smallest absolute Gasteiger partial charge is 0.191 e. The number of aromatic nitrogens is 2. The van der Waals surface area contributed by atoms with Crippen LogP contribution in [0.2, 0.25) is 0 Å². The molecule has 2 heterocycles. The number of benzene rings is 1. The van der Waals surface area contributed by atoms with Gasteiger partial charge in [0, 0.05) is 39.1 Å². The van der Waals surface area contributed by atoms with E-state index in [4.69, 9.17) is 0 Å². The zero-order valence-corrected chi connectivity index (χ0v) is 16.6. The molecule has 1 saturated heterocycles. The van der Waals surface area contributed by atoms with E-state index in [0.29, 0.717) is 6.04 Å². The summed E-state index contributed by atoms with van der Waals surface area (Å²) >= 11 is 0. The van der Waals surface area contributed by atoms with Crippen LogP contribution < -0.4 is 10.6 Å². The van der Waals surface area contributed by atoms with Crippen LogP contribution in [0.5, 0.6) is 0 Å². The maximum atomic E-state index is 4.38. The molecule has 3 rings (SSSR count). The number of hydrogen-bond acceptors (Lipinski definition) is 3. The summed E-state index contributed by atoms with van der Waals surface area (Å²) in [5.41, 5.74) is 2.69. The molecule has 0 saturated carbocycles. The highest BCUT2D eigenvalue weighted by atomic mass is 15.3. The van der Waals surface area contributed by atoms with Crippen molar-refractivity contribution in [2.45, 2.75) is 38.8 Å². The number of aliphatic imine (C=N–C) groups is 1. The molecule has 27 heavy (non-hydrogen) atoms. The number of aryl methyl sites for hydroxylation is 2. The van der Waals surface area contributed by atoms with Crippen LogP contribution in [0, 0.1) is 6.92 Å². The summed E-state index contributed by atoms with van der Waals surface area (Å²) in [6.45, 7) is 7.14. The highest BCUT2D eigenvalue weighted by Crippen LogP contribution is 2.24. The summed E-state index contributed by atoms with van der Waals surface area (Å²) in [6, 6.07) is 11.3. The summed E-state index contributed by atoms with van der Waals surface area (Å²) in [6.07, 6.45) is 7.41. The van der Waals surface area contributed by atoms with E-state index in [1.807, 2.05) is 30.2 Å². The molecule has 1 aromatic carbocycles. The van der Waals surface area contributed by atoms with E-state index < -0.39 is 0 Å². The normalized spacial score (nSPS) is 16.4. The molecule has 1 fully saturated rings. The number of nitrogens with zero attached hydrogens (tertiary/aromatic N) is 4. The summed E-state index contributed by atoms with van der Waals surface area (Å²) in [4.78, 5) is 6.97. The van der Waals surface area contributed by atoms with Crippen LogP contribution in [-0.2, 0) is 6.54 Å². The van der Waals surface area contributed by atoms with Crippen molar-refractivity contribution < 1.29 is 0 Å². The van der Waals surface area contributed by atoms with E-state index in [1.54, 1.807) is 0 Å². The van der Waals surface area contributed by atoms with Gasteiger partial charge in [-0.2, -0.15) is 5.10 Å². The lowest BCUT2D eigenvalue weighted by Crippen LogP contribution is -2.43. The zero-order valence-electron chi connectivity index (χ0n) is 16.6. The molecular weight excluding hydrogens is 336 g/mol. The fourth-order valence-corrected chi connectivity index (χ4v) is 3.59. The molecule has 1 atom stereocenters. The van der Waals surface area contributed by atoms with Gasteiger partial charge in [0.05, 0.1) is 6.04 Å². The van der Waals surface area contributed by atoms with E-state index >= 15 is 0 Å². The summed E-state index contributed by atoms with van der Waals surface area (Å²) < 4.78 is 1.96. The molecule has 0 aliphatic carbocycles. The number of hydrogen-bond donors (Lipinski definition) is 2. The third-order valence-electron chi connectivity index (χ3n) is 5.15. The van der Waals surface area contributed by atoms with Gasteiger partial charge in [0.15, 0.2) is 5.96 Å². The van der Waals surface area contributed by atoms with Crippen LogP contribution in [0.15, 0.2) is 47.7 Å². The number of guanidine groups is 1. The lowest BCUT2D eigenvalue weighted by Gasteiger charge is -2.29. The highest BCUT2D eigenvalue weighted by Gasteiger charge is 2.23. The Morgan fingerprint density at radius 1 is 1.19 bits per heavy atom. The van der Waals surface area contributed by atoms with Crippen molar-refractivity contribution in [1.29, 1.82) is 0 Å². The predicted molar refractivity (Wildman–Crippen MR) is 111 cm³/mol. The van der Waals surface area contributed by atoms with Gasteiger partial charge in [-0.3, -0.25) is 14.6 Å². The Kier molecular flexibility index (Phi) is 7.27. The van der Waals surface area contributed by atoms with Crippen molar-refractivity contribution >= 4 is 5.96 Å². The maximum absolute atomic E-state index is 4.38. The van der Waals surface area contributed by atoms with E-state index in [-0.39, 0.29) is 0 Å². The molecule has 2 N–H and O–H groups in total. The lowest BCUT2D eigenvalue weighted by molar-refractivity contribution is 0.245. The third kappa shape index (κ3) is 5.82. The molecule has 1 aliphatic rings. The molecule has 0 radical (unpaired) electrons. The van der Waals surface area contributed by atoms with Gasteiger partial charge < -0.3 is 10.6 Å². The van der Waals surface area contributed by atoms with Gasteiger partial charge >= 0.3 is 0 Å². The van der Waals surface area contributed by atoms with Gasteiger partial charge in [0.25, 0.3) is 0 Å². The van der Waals surface area contributed by atoms with E-state index in [9.17, 15) is 0 Å². The second-order valence-electron chi connectivity index (χ2n) is 7.17. The van der Waals surface area contributed by atoms with Gasteiger partial charge in [0.1, 0.15) is 0 Å². The van der Waals surface area contributed by atoms with Crippen LogP contribution >= 0.6 is 0 Å². The largest absolute Gasteiger partial charge is 0.356 e. The van der Waals surface area contributed by atoms with Crippen LogP contribution in [0.4, 0.5) is 0 Å². The molecule has 1 unspecified atom stereocenters. The minimum absolute atomic E-state index is 0.385. The fourth-order valence-electron chi connectivity index (χ4n) is 3.59. The first kappa shape index (κ1) is 19.4. The van der Waals surface area contributed by atoms with Gasteiger partial charge in [-0.25, -0.2) is 0 Å². The number of likely N-dealkylation sites (tertiary alicyclic amines) is 1. The Hall–Kier alpha value is -2.34. The first-order chi connectivity index (χ1) is 13.3. The molecule has 0 bridgehead atoms. The lowest BCUT2D eigenvalue weighted by atomic mass is 10.0. The monoisotopic (exact) mass is 368 g/mol. The van der Waals surface area contributed by atoms with Crippen molar-refractivity contribution in [2.24, 2.45) is 4.99 Å². The Morgan fingerprint density at radius 2 is 1.96 bits per heavy atom. The molecule has 0 spiro atoms. The summed E-state index contributed by atoms with van der Waals surface area (Å²) in [5, 5.41) is 11.2. The Bertz CT molecular complexity index is 686. The van der Waals surface area contributed by atoms with E-state index in [0.717, 1.165) is 32.0 Å². The average Bonchev–Trinajstić information content (AvgIpc) is 3.39. The van der Waals surface area contributed by atoms with Crippen molar-refractivity contribution in [3.63, 3.8) is 0 Å². The van der Waals surface area contributed by atoms with Gasteiger partial charge in [-0.15, -0.1) is 0 Å². The Labute approximate surface area is 162 Å². The summed E-state index contributed by atoms with van der Waals surface area (Å²) in [7, 11) is 1.83. The van der Waals surface area contributed by atoms with Gasteiger partial charge in [-0.05, 0) is 50.9 Å². The number of rotatable bonds is 8. The first-order valence-electron chi connectivity index (χ1n) is 9.99. The van der Waals surface area contributed by atoms with Crippen molar-refractivity contribution in [3.8, 4) is 0 Å². The van der Waals surface area contributed by atoms with Crippen LogP contribution in [0.1, 0.15) is 36.4 Å². The summed E-state index contributed by atoms with van der Waals surface area (Å²) in [5.74, 6) is 0.867. The Balaban J connectivity index is 1.50. The van der Waals surface area contributed by atoms with Crippen molar-refractivity contribution in [3.05, 3.63) is 53.9 Å². The highest BCUT2D eigenvalue weighted by molar-refractivity contribution is 5.79. The van der Waals surface area contributed by atoms with Gasteiger partial charge in [-0.1, -0.05) is 29.8 Å². The van der Waals surface area contributed by atoms with Crippen LogP contribution in [0.3, 0.4) is 0 Å². The molecule has 1 aromatic heterocycles. The molecule has 2 aromatic rings. The third-order valence-corrected chi connectivity index (χ3v) is 5.15. The molecular formula is C21H32N6. The molecule has 6 nitrogen and oxygen atoms in total. The fraction of sp³-hybridized carbons (Fsp3) is 0.524.